The minimum Gasteiger partial charge on any atom is -0.466 e. The van der Waals surface area contributed by atoms with Gasteiger partial charge in [0, 0.05) is 19.5 Å². The number of halogens is 1. The lowest BCUT2D eigenvalue weighted by Crippen LogP contribution is -2.39. The van der Waals surface area contributed by atoms with Crippen LogP contribution in [0.15, 0.2) is 39.5 Å². The van der Waals surface area contributed by atoms with Crippen LogP contribution in [0, 0.1) is 25.6 Å². The molecule has 0 unspecified atom stereocenters. The second-order valence-corrected chi connectivity index (χ2v) is 7.50. The average Bonchev–Trinajstić information content (AvgIpc) is 3.23. The molecule has 1 fully saturated rings. The van der Waals surface area contributed by atoms with E-state index in [0.29, 0.717) is 36.7 Å². The maximum Gasteiger partial charge on any atom is 0.348 e. The number of aromatic amines is 1. The number of aryl methyl sites for hydroxylation is 2. The van der Waals surface area contributed by atoms with Gasteiger partial charge in [-0.1, -0.05) is 12.1 Å². The molecule has 3 heterocycles. The predicted octanol–water partition coefficient (Wildman–Crippen LogP) is 3.00. The van der Waals surface area contributed by atoms with Gasteiger partial charge < -0.3 is 9.32 Å². The third-order valence-corrected chi connectivity index (χ3v) is 5.48. The highest BCUT2D eigenvalue weighted by molar-refractivity contribution is 5.95. The quantitative estimate of drug-likeness (QED) is 0.732. The second-order valence-electron chi connectivity index (χ2n) is 7.50. The molecule has 1 aliphatic rings. The number of carbonyl (C=O) groups is 1. The fourth-order valence-electron chi connectivity index (χ4n) is 3.96. The fourth-order valence-corrected chi connectivity index (χ4v) is 3.96. The molecule has 1 N–H and O–H groups in total. The number of carbonyl (C=O) groups excluding carboxylic acids is 1. The lowest BCUT2D eigenvalue weighted by atomic mass is 9.92. The van der Waals surface area contributed by atoms with Crippen molar-refractivity contribution in [3.05, 3.63) is 69.5 Å². The zero-order valence-electron chi connectivity index (χ0n) is 16.4. The molecule has 1 aromatic carbocycles. The van der Waals surface area contributed by atoms with Crippen molar-refractivity contribution in [2.45, 2.75) is 33.1 Å². The number of amides is 1. The molecular weight excluding hydrogens is 375 g/mol. The van der Waals surface area contributed by atoms with Gasteiger partial charge in [-0.15, -0.1) is 0 Å². The molecule has 1 saturated heterocycles. The molecule has 0 bridgehead atoms. The van der Waals surface area contributed by atoms with Crippen LogP contribution in [-0.4, -0.2) is 38.7 Å². The first-order chi connectivity index (χ1) is 13.9. The van der Waals surface area contributed by atoms with Gasteiger partial charge in [-0.3, -0.25) is 4.79 Å². The zero-order chi connectivity index (χ0) is 20.5. The van der Waals surface area contributed by atoms with Gasteiger partial charge in [0.25, 0.3) is 5.91 Å². The second kappa shape index (κ2) is 7.69. The molecule has 152 valence electrons. The SMILES string of the molecule is Cc1cc(C(=O)N2CCC(Cc3n[nH]c(=O)n3-c3ccccc3F)CC2)c(C)o1. The highest BCUT2D eigenvalue weighted by Gasteiger charge is 2.27. The molecule has 0 atom stereocenters. The molecule has 29 heavy (non-hydrogen) atoms. The molecule has 1 aliphatic heterocycles. The topological polar surface area (TPSA) is 84.1 Å². The summed E-state index contributed by atoms with van der Waals surface area (Å²) in [6, 6.07) is 7.93. The molecule has 1 amide bonds. The summed E-state index contributed by atoms with van der Waals surface area (Å²) in [5.74, 6) is 1.65. The van der Waals surface area contributed by atoms with Gasteiger partial charge in [-0.2, -0.15) is 5.10 Å². The number of piperidine rings is 1. The molecule has 2 aromatic heterocycles. The largest absolute Gasteiger partial charge is 0.466 e. The molecule has 4 rings (SSSR count). The van der Waals surface area contributed by atoms with Crippen molar-refractivity contribution >= 4 is 5.91 Å². The van der Waals surface area contributed by atoms with Crippen molar-refractivity contribution in [3.8, 4) is 5.69 Å². The van der Waals surface area contributed by atoms with E-state index in [1.165, 1.54) is 10.6 Å². The molecule has 0 spiro atoms. The Balaban J connectivity index is 1.45. The van der Waals surface area contributed by atoms with Crippen LogP contribution >= 0.6 is 0 Å². The van der Waals surface area contributed by atoms with E-state index in [0.717, 1.165) is 18.6 Å². The summed E-state index contributed by atoms with van der Waals surface area (Å²) < 4.78 is 20.9. The standard InChI is InChI=1S/C21H23FN4O3/c1-13-11-16(14(2)29-13)20(27)25-9-7-15(8-10-25)12-19-23-24-21(28)26(19)18-6-4-3-5-17(18)22/h3-6,11,15H,7-10,12H2,1-2H3,(H,24,28). The Morgan fingerprint density at radius 1 is 1.28 bits per heavy atom. The number of likely N-dealkylation sites (tertiary alicyclic amines) is 1. The van der Waals surface area contributed by atoms with Gasteiger partial charge in [-0.25, -0.2) is 18.9 Å². The van der Waals surface area contributed by atoms with Crippen LogP contribution in [-0.2, 0) is 6.42 Å². The summed E-state index contributed by atoms with van der Waals surface area (Å²) in [5.41, 5.74) is 0.352. The molecule has 3 aromatic rings. The van der Waals surface area contributed by atoms with Gasteiger partial charge in [0.15, 0.2) is 0 Å². The summed E-state index contributed by atoms with van der Waals surface area (Å²) in [5, 5.41) is 6.53. The fraction of sp³-hybridized carbons (Fsp3) is 0.381. The molecule has 0 saturated carbocycles. The lowest BCUT2D eigenvalue weighted by molar-refractivity contribution is 0.0688. The highest BCUT2D eigenvalue weighted by atomic mass is 19.1. The first-order valence-electron chi connectivity index (χ1n) is 9.71. The number of hydrogen-bond acceptors (Lipinski definition) is 4. The van der Waals surface area contributed by atoms with Gasteiger partial charge in [0.2, 0.25) is 0 Å². The van der Waals surface area contributed by atoms with E-state index in [9.17, 15) is 14.0 Å². The van der Waals surface area contributed by atoms with Crippen LogP contribution in [0.25, 0.3) is 5.69 Å². The Bertz CT molecular complexity index is 1090. The van der Waals surface area contributed by atoms with Crippen LogP contribution in [0.2, 0.25) is 0 Å². The predicted molar refractivity (Wildman–Crippen MR) is 105 cm³/mol. The Kier molecular flexibility index (Phi) is 5.08. The van der Waals surface area contributed by atoms with E-state index in [4.69, 9.17) is 4.42 Å². The summed E-state index contributed by atoms with van der Waals surface area (Å²) in [4.78, 5) is 26.8. The first-order valence-corrected chi connectivity index (χ1v) is 9.71. The average molecular weight is 398 g/mol. The Morgan fingerprint density at radius 3 is 2.66 bits per heavy atom. The van der Waals surface area contributed by atoms with Gasteiger partial charge in [-0.05, 0) is 50.8 Å². The molecule has 0 radical (unpaired) electrons. The number of aromatic nitrogens is 3. The number of nitrogens with zero attached hydrogens (tertiary/aromatic N) is 3. The van der Waals surface area contributed by atoms with Crippen LogP contribution < -0.4 is 5.69 Å². The van der Waals surface area contributed by atoms with E-state index >= 15 is 0 Å². The summed E-state index contributed by atoms with van der Waals surface area (Å²) >= 11 is 0. The third-order valence-electron chi connectivity index (χ3n) is 5.48. The number of rotatable bonds is 4. The summed E-state index contributed by atoms with van der Waals surface area (Å²) in [6.07, 6.45) is 2.12. The van der Waals surface area contributed by atoms with Crippen molar-refractivity contribution < 1.29 is 13.6 Å². The zero-order valence-corrected chi connectivity index (χ0v) is 16.4. The van der Waals surface area contributed by atoms with E-state index < -0.39 is 11.5 Å². The monoisotopic (exact) mass is 398 g/mol. The minimum absolute atomic E-state index is 0.0131. The highest BCUT2D eigenvalue weighted by Crippen LogP contribution is 2.24. The van der Waals surface area contributed by atoms with Crippen molar-refractivity contribution in [2.24, 2.45) is 5.92 Å². The van der Waals surface area contributed by atoms with Crippen LogP contribution in [0.5, 0.6) is 0 Å². The number of nitrogens with one attached hydrogen (secondary N) is 1. The maximum atomic E-state index is 14.2. The Hall–Kier alpha value is -3.16. The minimum atomic E-state index is -0.469. The van der Waals surface area contributed by atoms with Crippen LogP contribution in [0.3, 0.4) is 0 Å². The van der Waals surface area contributed by atoms with Gasteiger partial charge in [0.1, 0.15) is 23.2 Å². The summed E-state index contributed by atoms with van der Waals surface area (Å²) in [6.45, 7) is 4.88. The Morgan fingerprint density at radius 2 is 2.00 bits per heavy atom. The van der Waals surface area contributed by atoms with Crippen molar-refractivity contribution in [2.75, 3.05) is 13.1 Å². The lowest BCUT2D eigenvalue weighted by Gasteiger charge is -2.31. The van der Waals surface area contributed by atoms with Crippen LogP contribution in [0.4, 0.5) is 4.39 Å². The normalized spacial score (nSPS) is 15.1. The van der Waals surface area contributed by atoms with Crippen molar-refractivity contribution in [1.82, 2.24) is 19.7 Å². The molecule has 7 nitrogen and oxygen atoms in total. The van der Waals surface area contributed by atoms with E-state index in [1.54, 1.807) is 31.2 Å². The van der Waals surface area contributed by atoms with Gasteiger partial charge in [0.05, 0.1) is 11.3 Å². The van der Waals surface area contributed by atoms with E-state index in [-0.39, 0.29) is 17.5 Å². The Labute approximate surface area is 167 Å². The maximum absolute atomic E-state index is 14.2. The number of furan rings is 1. The summed E-state index contributed by atoms with van der Waals surface area (Å²) in [7, 11) is 0. The molecular formula is C21H23FN4O3. The number of hydrogen-bond donors (Lipinski definition) is 1. The van der Waals surface area contributed by atoms with Crippen molar-refractivity contribution in [1.29, 1.82) is 0 Å². The third kappa shape index (κ3) is 3.74. The van der Waals surface area contributed by atoms with Crippen LogP contribution in [0.1, 0.15) is 40.5 Å². The number of benzene rings is 1. The van der Waals surface area contributed by atoms with E-state index in [2.05, 4.69) is 10.2 Å². The first kappa shape index (κ1) is 19.2. The number of H-pyrrole nitrogens is 1. The number of para-hydroxylation sites is 1. The van der Waals surface area contributed by atoms with Crippen molar-refractivity contribution in [3.63, 3.8) is 0 Å². The van der Waals surface area contributed by atoms with E-state index in [1.807, 2.05) is 11.8 Å². The molecule has 0 aliphatic carbocycles. The smallest absolute Gasteiger partial charge is 0.348 e. The van der Waals surface area contributed by atoms with Gasteiger partial charge >= 0.3 is 5.69 Å². The molecule has 8 heteroatoms.